The van der Waals surface area contributed by atoms with Gasteiger partial charge in [0, 0.05) is 42.1 Å². The van der Waals surface area contributed by atoms with E-state index in [1.807, 2.05) is 42.5 Å². The maximum absolute atomic E-state index is 5.99. The number of halogens is 1. The molecule has 0 unspecified atom stereocenters. The van der Waals surface area contributed by atoms with Crippen molar-refractivity contribution >= 4 is 52.5 Å². The molecular formula is C28H22ClN7OS2. The zero-order chi connectivity index (χ0) is 26.6. The summed E-state index contributed by atoms with van der Waals surface area (Å²) in [6.45, 7) is 1.95. The molecule has 2 aromatic carbocycles. The first-order valence-electron chi connectivity index (χ1n) is 12.1. The Labute approximate surface area is 239 Å². The summed E-state index contributed by atoms with van der Waals surface area (Å²) in [7, 11) is 0. The van der Waals surface area contributed by atoms with Crippen LogP contribution in [0.4, 0.5) is 11.8 Å². The van der Waals surface area contributed by atoms with Crippen LogP contribution in [0.2, 0.25) is 5.02 Å². The molecule has 0 saturated heterocycles. The third-order valence-corrected chi connectivity index (χ3v) is 7.34. The Hall–Kier alpha value is -3.99. The standard InChI is InChI=1S/C28H22ClN7OS2/c29-21-8-6-18(7-9-21)23-11-10-22(37-23)15-32-27(38)35-26-33-24(36-16-19-4-1-2-5-20(19)17-36)14-25(34-26)39-28-30-12-3-13-31-28/h1-14H,15-17H2,(H2,32,33,34,35,38). The van der Waals surface area contributed by atoms with Crippen molar-refractivity contribution in [3.8, 4) is 11.3 Å². The highest BCUT2D eigenvalue weighted by atomic mass is 35.5. The largest absolute Gasteiger partial charge is 0.459 e. The van der Waals surface area contributed by atoms with E-state index in [9.17, 15) is 0 Å². The lowest BCUT2D eigenvalue weighted by Crippen LogP contribution is -2.29. The molecule has 5 aromatic rings. The number of fused-ring (bicyclic) bond motifs is 1. The second-order valence-corrected chi connectivity index (χ2v) is 10.6. The lowest BCUT2D eigenvalue weighted by Gasteiger charge is -2.18. The van der Waals surface area contributed by atoms with Gasteiger partial charge in [0.15, 0.2) is 10.3 Å². The molecule has 0 radical (unpaired) electrons. The van der Waals surface area contributed by atoms with Crippen LogP contribution < -0.4 is 15.5 Å². The number of anilines is 2. The van der Waals surface area contributed by atoms with Gasteiger partial charge >= 0.3 is 0 Å². The smallest absolute Gasteiger partial charge is 0.232 e. The topological polar surface area (TPSA) is 92.0 Å². The van der Waals surface area contributed by atoms with Gasteiger partial charge in [-0.2, -0.15) is 4.98 Å². The quantitative estimate of drug-likeness (QED) is 0.131. The number of thiocarbonyl (C=S) groups is 1. The maximum Gasteiger partial charge on any atom is 0.232 e. The minimum atomic E-state index is 0.383. The van der Waals surface area contributed by atoms with Crippen molar-refractivity contribution in [2.45, 2.75) is 29.8 Å². The number of furan rings is 1. The van der Waals surface area contributed by atoms with Crippen LogP contribution in [-0.2, 0) is 19.6 Å². The molecule has 39 heavy (non-hydrogen) atoms. The number of hydrogen-bond donors (Lipinski definition) is 2. The average molecular weight is 572 g/mol. The molecule has 0 aliphatic carbocycles. The third-order valence-electron chi connectivity index (χ3n) is 6.03. The van der Waals surface area contributed by atoms with Crippen molar-refractivity contribution in [3.05, 3.63) is 107 Å². The number of nitrogens with one attached hydrogen (secondary N) is 2. The van der Waals surface area contributed by atoms with Gasteiger partial charge < -0.3 is 20.0 Å². The number of rotatable bonds is 7. The Morgan fingerprint density at radius 3 is 2.44 bits per heavy atom. The van der Waals surface area contributed by atoms with E-state index in [-0.39, 0.29) is 0 Å². The van der Waals surface area contributed by atoms with Crippen molar-refractivity contribution in [2.75, 3.05) is 10.2 Å². The lowest BCUT2D eigenvalue weighted by atomic mass is 10.1. The molecule has 194 valence electrons. The summed E-state index contributed by atoms with van der Waals surface area (Å²) in [5.41, 5.74) is 3.53. The first-order chi connectivity index (χ1) is 19.1. The predicted octanol–water partition coefficient (Wildman–Crippen LogP) is 6.34. The van der Waals surface area contributed by atoms with Gasteiger partial charge in [0.05, 0.1) is 6.54 Å². The zero-order valence-corrected chi connectivity index (χ0v) is 22.9. The predicted molar refractivity (Wildman–Crippen MR) is 157 cm³/mol. The second-order valence-electron chi connectivity index (χ2n) is 8.73. The van der Waals surface area contributed by atoms with Crippen LogP contribution >= 0.6 is 35.6 Å². The fourth-order valence-electron chi connectivity index (χ4n) is 4.17. The van der Waals surface area contributed by atoms with Crippen LogP contribution in [0.15, 0.2) is 99.8 Å². The molecule has 6 rings (SSSR count). The molecule has 8 nitrogen and oxygen atoms in total. The molecule has 11 heteroatoms. The van der Waals surface area contributed by atoms with Crippen molar-refractivity contribution in [1.29, 1.82) is 0 Å². The van der Waals surface area contributed by atoms with Crippen LogP contribution in [0.3, 0.4) is 0 Å². The highest BCUT2D eigenvalue weighted by Crippen LogP contribution is 2.31. The second kappa shape index (κ2) is 11.4. The molecular weight excluding hydrogens is 550 g/mol. The minimum Gasteiger partial charge on any atom is -0.459 e. The monoisotopic (exact) mass is 571 g/mol. The van der Waals surface area contributed by atoms with Gasteiger partial charge in [-0.3, -0.25) is 0 Å². The van der Waals surface area contributed by atoms with E-state index >= 15 is 0 Å². The van der Waals surface area contributed by atoms with Crippen molar-refractivity contribution in [2.24, 2.45) is 0 Å². The normalized spacial score (nSPS) is 12.3. The molecule has 0 bridgehead atoms. The molecule has 4 heterocycles. The van der Waals surface area contributed by atoms with E-state index in [1.165, 1.54) is 22.9 Å². The summed E-state index contributed by atoms with van der Waals surface area (Å²) in [5, 5.41) is 8.69. The summed E-state index contributed by atoms with van der Waals surface area (Å²) in [6, 6.07) is 23.5. The van der Waals surface area contributed by atoms with Crippen LogP contribution in [-0.4, -0.2) is 25.0 Å². The summed E-state index contributed by atoms with van der Waals surface area (Å²) in [5.74, 6) is 2.69. The molecule has 1 aliphatic rings. The van der Waals surface area contributed by atoms with E-state index < -0.39 is 0 Å². The van der Waals surface area contributed by atoms with Crippen molar-refractivity contribution < 1.29 is 4.42 Å². The van der Waals surface area contributed by atoms with Gasteiger partial charge in [-0.1, -0.05) is 35.9 Å². The number of hydrogen-bond acceptors (Lipinski definition) is 8. The van der Waals surface area contributed by atoms with E-state index in [2.05, 4.69) is 54.8 Å². The van der Waals surface area contributed by atoms with Crippen LogP contribution in [0.1, 0.15) is 16.9 Å². The van der Waals surface area contributed by atoms with Crippen LogP contribution in [0, 0.1) is 0 Å². The summed E-state index contributed by atoms with van der Waals surface area (Å²) >= 11 is 12.9. The van der Waals surface area contributed by atoms with Crippen LogP contribution in [0.25, 0.3) is 11.3 Å². The Bertz CT molecular complexity index is 1590. The van der Waals surface area contributed by atoms with Crippen molar-refractivity contribution in [3.63, 3.8) is 0 Å². The molecule has 0 saturated carbocycles. The lowest BCUT2D eigenvalue weighted by molar-refractivity contribution is 0.516. The summed E-state index contributed by atoms with van der Waals surface area (Å²) in [6.07, 6.45) is 3.42. The Morgan fingerprint density at radius 2 is 1.69 bits per heavy atom. The highest BCUT2D eigenvalue weighted by molar-refractivity contribution is 7.99. The first-order valence-corrected chi connectivity index (χ1v) is 13.7. The zero-order valence-electron chi connectivity index (χ0n) is 20.5. The molecule has 0 spiro atoms. The highest BCUT2D eigenvalue weighted by Gasteiger charge is 2.21. The van der Waals surface area contributed by atoms with Gasteiger partial charge in [0.25, 0.3) is 0 Å². The number of nitrogens with zero attached hydrogens (tertiary/aromatic N) is 5. The maximum atomic E-state index is 5.99. The van der Waals surface area contributed by atoms with Gasteiger partial charge in [-0.25, -0.2) is 15.0 Å². The third kappa shape index (κ3) is 6.19. The van der Waals surface area contributed by atoms with E-state index in [0.717, 1.165) is 36.0 Å². The molecule has 3 aromatic heterocycles. The van der Waals surface area contributed by atoms with E-state index in [0.29, 0.717) is 32.8 Å². The molecule has 0 fully saturated rings. The summed E-state index contributed by atoms with van der Waals surface area (Å²) < 4.78 is 5.96. The van der Waals surface area contributed by atoms with E-state index in [4.69, 9.17) is 33.2 Å². The van der Waals surface area contributed by atoms with Gasteiger partial charge in [-0.15, -0.1) is 0 Å². The van der Waals surface area contributed by atoms with E-state index in [1.54, 1.807) is 18.5 Å². The Balaban J connectivity index is 1.16. The Morgan fingerprint density at radius 1 is 0.949 bits per heavy atom. The molecule has 0 amide bonds. The molecule has 2 N–H and O–H groups in total. The summed E-state index contributed by atoms with van der Waals surface area (Å²) in [4.78, 5) is 20.3. The fraction of sp³-hybridized carbons (Fsp3) is 0.107. The minimum absolute atomic E-state index is 0.383. The fourth-order valence-corrected chi connectivity index (χ4v) is 5.17. The van der Waals surface area contributed by atoms with Crippen LogP contribution in [0.5, 0.6) is 0 Å². The van der Waals surface area contributed by atoms with Crippen molar-refractivity contribution in [1.82, 2.24) is 25.3 Å². The Kier molecular flexibility index (Phi) is 7.40. The number of benzene rings is 2. The molecule has 1 aliphatic heterocycles. The van der Waals surface area contributed by atoms with Gasteiger partial charge in [0.2, 0.25) is 5.95 Å². The first kappa shape index (κ1) is 25.3. The van der Waals surface area contributed by atoms with Gasteiger partial charge in [0.1, 0.15) is 22.4 Å². The number of aromatic nitrogens is 4. The SMILES string of the molecule is S=C(NCc1ccc(-c2ccc(Cl)cc2)o1)Nc1nc(Sc2ncccn2)cc(N2Cc3ccccc3C2)n1. The molecule has 0 atom stereocenters. The van der Waals surface area contributed by atoms with Gasteiger partial charge in [-0.05, 0) is 77.6 Å². The average Bonchev–Trinajstić information content (AvgIpc) is 3.60.